The highest BCUT2D eigenvalue weighted by Gasteiger charge is 2.48. The quantitative estimate of drug-likeness (QED) is 0.208. The monoisotopic (exact) mass is 689 g/mol. The molecule has 11 heteroatoms. The molecule has 1 aliphatic heterocycles. The summed E-state index contributed by atoms with van der Waals surface area (Å²) in [6.45, 7) is 9.42. The van der Waals surface area contributed by atoms with Gasteiger partial charge in [-0.1, -0.05) is 66.7 Å². The van der Waals surface area contributed by atoms with Crippen LogP contribution in [0.2, 0.25) is 0 Å². The molecular formula is C39H51N3O8. The zero-order valence-electron chi connectivity index (χ0n) is 29.2. The Morgan fingerprint density at radius 3 is 2.30 bits per heavy atom. The van der Waals surface area contributed by atoms with Gasteiger partial charge in [0, 0.05) is 31.6 Å². The molecule has 5 rings (SSSR count). The van der Waals surface area contributed by atoms with E-state index >= 15 is 0 Å². The van der Waals surface area contributed by atoms with Gasteiger partial charge in [0.05, 0.1) is 25.4 Å². The van der Waals surface area contributed by atoms with Crippen LogP contribution in [0.15, 0.2) is 78.9 Å². The summed E-state index contributed by atoms with van der Waals surface area (Å²) in [4.78, 5) is 31.9. The van der Waals surface area contributed by atoms with E-state index in [2.05, 4.69) is 4.90 Å². The van der Waals surface area contributed by atoms with Crippen LogP contribution >= 0.6 is 0 Å². The minimum Gasteiger partial charge on any atom is -0.492 e. The first-order valence-corrected chi connectivity index (χ1v) is 17.4. The molecule has 1 saturated heterocycles. The van der Waals surface area contributed by atoms with E-state index in [9.17, 15) is 24.9 Å². The van der Waals surface area contributed by atoms with Crippen LogP contribution in [0.3, 0.4) is 0 Å². The number of imide groups is 1. The first-order valence-electron chi connectivity index (χ1n) is 17.4. The van der Waals surface area contributed by atoms with Gasteiger partial charge in [0.2, 0.25) is 5.91 Å². The number of nitrogens with two attached hydrogens (primary N) is 1. The van der Waals surface area contributed by atoms with E-state index in [1.54, 1.807) is 45.0 Å². The van der Waals surface area contributed by atoms with Crippen LogP contribution in [0.25, 0.3) is 0 Å². The number of benzene rings is 3. The van der Waals surface area contributed by atoms with E-state index < -0.39 is 53.9 Å². The summed E-state index contributed by atoms with van der Waals surface area (Å²) < 4.78 is 17.2. The number of rotatable bonds is 13. The zero-order chi connectivity index (χ0) is 35.8. The Labute approximate surface area is 294 Å². The molecular weight excluding hydrogens is 638 g/mol. The number of hydrogen-bond donors (Lipinski definition) is 4. The summed E-state index contributed by atoms with van der Waals surface area (Å²) in [6.07, 6.45) is -4.41. The molecule has 50 heavy (non-hydrogen) atoms. The lowest BCUT2D eigenvalue weighted by atomic mass is 9.88. The van der Waals surface area contributed by atoms with Crippen LogP contribution in [-0.4, -0.2) is 100 Å². The molecule has 0 bridgehead atoms. The highest BCUT2D eigenvalue weighted by molar-refractivity contribution is 5.94. The van der Waals surface area contributed by atoms with Crippen LogP contribution in [0.1, 0.15) is 61.6 Å². The summed E-state index contributed by atoms with van der Waals surface area (Å²) in [5, 5.41) is 33.7. The standard InChI is InChI=1S/C39H51N3O8/c1-39(2,3)50-38(47)42(34-30-14-7-8-15-31(30)35(44)36(34)45)37(46)28(25-33(43)32(40)24-26-10-5-4-6-11-26)22-27-12-9-13-29(23-27)49-21-18-41-16-19-48-20-17-41/h4-15,23,28,32-36,43-45H,16-22,24-25,40H2,1-3H3/t28-,32+,33+,34+,35-,36+/m1/s1. The van der Waals surface area contributed by atoms with E-state index in [4.69, 9.17) is 19.9 Å². The average molecular weight is 690 g/mol. The molecule has 0 saturated carbocycles. The molecule has 2 aliphatic rings. The van der Waals surface area contributed by atoms with Gasteiger partial charge in [-0.25, -0.2) is 9.69 Å². The number of aliphatic hydroxyl groups excluding tert-OH is 3. The lowest BCUT2D eigenvalue weighted by molar-refractivity contribution is -0.142. The Morgan fingerprint density at radius 1 is 0.940 bits per heavy atom. The van der Waals surface area contributed by atoms with Crippen LogP contribution in [-0.2, 0) is 27.1 Å². The molecule has 6 atom stereocenters. The Kier molecular flexibility index (Phi) is 12.7. The minimum atomic E-state index is -1.49. The maximum atomic E-state index is 14.8. The molecule has 0 radical (unpaired) electrons. The van der Waals surface area contributed by atoms with Crippen molar-refractivity contribution in [1.82, 2.24) is 9.80 Å². The fourth-order valence-electron chi connectivity index (χ4n) is 6.65. The smallest absolute Gasteiger partial charge is 0.417 e. The van der Waals surface area contributed by atoms with Crippen molar-refractivity contribution in [3.63, 3.8) is 0 Å². The topological polar surface area (TPSA) is 155 Å². The highest BCUT2D eigenvalue weighted by atomic mass is 16.6. The number of nitrogens with zero attached hydrogens (tertiary/aromatic N) is 2. The van der Waals surface area contributed by atoms with Gasteiger partial charge in [0.25, 0.3) is 0 Å². The number of amides is 2. The van der Waals surface area contributed by atoms with Gasteiger partial charge in [-0.05, 0) is 74.4 Å². The van der Waals surface area contributed by atoms with Crippen molar-refractivity contribution < 1.29 is 39.1 Å². The van der Waals surface area contributed by atoms with Gasteiger partial charge >= 0.3 is 6.09 Å². The molecule has 270 valence electrons. The largest absolute Gasteiger partial charge is 0.492 e. The van der Waals surface area contributed by atoms with E-state index in [0.717, 1.165) is 35.7 Å². The molecule has 3 aromatic carbocycles. The molecule has 5 N–H and O–H groups in total. The molecule has 3 aromatic rings. The number of fused-ring (bicyclic) bond motifs is 1. The van der Waals surface area contributed by atoms with Crippen molar-refractivity contribution in [1.29, 1.82) is 0 Å². The number of carbonyl (C=O) groups is 2. The Balaban J connectivity index is 1.43. The average Bonchev–Trinajstić information content (AvgIpc) is 3.33. The Morgan fingerprint density at radius 2 is 1.60 bits per heavy atom. The minimum absolute atomic E-state index is 0.0682. The fraction of sp³-hybridized carbons (Fsp3) is 0.487. The molecule has 2 amide bonds. The molecule has 11 nitrogen and oxygen atoms in total. The van der Waals surface area contributed by atoms with Gasteiger partial charge in [0.15, 0.2) is 0 Å². The van der Waals surface area contributed by atoms with Gasteiger partial charge in [0.1, 0.15) is 30.2 Å². The van der Waals surface area contributed by atoms with Gasteiger partial charge in [-0.3, -0.25) is 9.69 Å². The maximum absolute atomic E-state index is 14.8. The van der Waals surface area contributed by atoms with E-state index in [0.29, 0.717) is 43.1 Å². The second-order valence-electron chi connectivity index (χ2n) is 14.2. The van der Waals surface area contributed by atoms with Crippen molar-refractivity contribution in [3.05, 3.63) is 101 Å². The predicted octanol–water partition coefficient (Wildman–Crippen LogP) is 3.79. The predicted molar refractivity (Wildman–Crippen MR) is 188 cm³/mol. The highest BCUT2D eigenvalue weighted by Crippen LogP contribution is 2.44. The van der Waals surface area contributed by atoms with Gasteiger partial charge in [-0.15, -0.1) is 0 Å². The molecule has 1 fully saturated rings. The molecule has 0 aromatic heterocycles. The lowest BCUT2D eigenvalue weighted by Crippen LogP contribution is -2.50. The Bertz CT molecular complexity index is 1560. The molecule has 1 heterocycles. The summed E-state index contributed by atoms with van der Waals surface area (Å²) in [6, 6.07) is 21.9. The van der Waals surface area contributed by atoms with E-state index in [-0.39, 0.29) is 12.8 Å². The van der Waals surface area contributed by atoms with E-state index in [1.165, 1.54) is 0 Å². The third-order valence-corrected chi connectivity index (χ3v) is 9.23. The summed E-state index contributed by atoms with van der Waals surface area (Å²) in [7, 11) is 0. The van der Waals surface area contributed by atoms with Crippen LogP contribution in [0.5, 0.6) is 5.75 Å². The van der Waals surface area contributed by atoms with Gasteiger partial charge in [-0.2, -0.15) is 0 Å². The van der Waals surface area contributed by atoms with Crippen molar-refractivity contribution >= 4 is 12.0 Å². The van der Waals surface area contributed by atoms with Crippen molar-refractivity contribution in [2.24, 2.45) is 11.7 Å². The summed E-state index contributed by atoms with van der Waals surface area (Å²) >= 11 is 0. The zero-order valence-corrected chi connectivity index (χ0v) is 29.2. The second kappa shape index (κ2) is 16.9. The molecule has 0 unspecified atom stereocenters. The first kappa shape index (κ1) is 37.4. The van der Waals surface area contributed by atoms with Gasteiger partial charge < -0.3 is 35.3 Å². The third kappa shape index (κ3) is 9.69. The summed E-state index contributed by atoms with van der Waals surface area (Å²) in [5.74, 6) is -0.979. The van der Waals surface area contributed by atoms with E-state index in [1.807, 2.05) is 54.6 Å². The number of ether oxygens (including phenoxy) is 3. The Hall–Kier alpha value is -3.84. The van der Waals surface area contributed by atoms with Crippen molar-refractivity contribution in [2.45, 2.75) is 76.0 Å². The maximum Gasteiger partial charge on any atom is 0.417 e. The van der Waals surface area contributed by atoms with Crippen LogP contribution < -0.4 is 10.5 Å². The second-order valence-corrected chi connectivity index (χ2v) is 14.2. The SMILES string of the molecule is CC(C)(C)OC(=O)N(C(=O)[C@H](Cc1cccc(OCCN2CCOCC2)c1)C[C@H](O)[C@@H](N)Cc1ccccc1)[C@H]1c2ccccc2[C@@H](O)[C@H]1O. The normalized spacial score (nSPS) is 21.1. The molecule has 0 spiro atoms. The lowest BCUT2D eigenvalue weighted by Gasteiger charge is -2.35. The first-order chi connectivity index (χ1) is 23.9. The third-order valence-electron chi connectivity index (χ3n) is 9.23. The van der Waals surface area contributed by atoms with Crippen LogP contribution in [0, 0.1) is 5.92 Å². The summed E-state index contributed by atoms with van der Waals surface area (Å²) in [5.41, 5.74) is 8.12. The fourth-order valence-corrected chi connectivity index (χ4v) is 6.65. The number of morpholine rings is 1. The number of hydrogen-bond acceptors (Lipinski definition) is 10. The van der Waals surface area contributed by atoms with Crippen molar-refractivity contribution in [3.8, 4) is 5.75 Å². The van der Waals surface area contributed by atoms with Crippen LogP contribution in [0.4, 0.5) is 4.79 Å². The van der Waals surface area contributed by atoms with Crippen molar-refractivity contribution in [2.75, 3.05) is 39.5 Å². The number of carbonyl (C=O) groups excluding carboxylic acids is 2. The molecule has 1 aliphatic carbocycles. The number of aliphatic hydroxyl groups is 3.